The molecule has 5 heteroatoms. The Morgan fingerprint density at radius 2 is 1.86 bits per heavy atom. The fourth-order valence-corrected chi connectivity index (χ4v) is 3.16. The van der Waals surface area contributed by atoms with Gasteiger partial charge in [0.15, 0.2) is 0 Å². The first-order chi connectivity index (χ1) is 9.85. The third kappa shape index (κ3) is 6.30. The third-order valence-electron chi connectivity index (χ3n) is 3.10. The molecule has 0 saturated carbocycles. The van der Waals surface area contributed by atoms with E-state index in [1.165, 1.54) is 4.31 Å². The Labute approximate surface area is 127 Å². The Bertz CT molecular complexity index is 595. The van der Waals surface area contributed by atoms with Gasteiger partial charge in [-0.15, -0.1) is 0 Å². The number of benzene rings is 1. The first kappa shape index (κ1) is 17.7. The average Bonchev–Trinajstić information content (AvgIpc) is 2.44. The summed E-state index contributed by atoms with van der Waals surface area (Å²) in [6, 6.07) is 7.37. The van der Waals surface area contributed by atoms with Gasteiger partial charge in [-0.05, 0) is 30.0 Å². The van der Waals surface area contributed by atoms with E-state index in [1.54, 1.807) is 7.05 Å². The standard InChI is InChI=1S/C16H23NO3S/c1-14(2)10-12-21(19,20)17(3)13-16-8-6-15(7-9-16)5-4-11-18/h6-9,14,18H,10-13H2,1-3H3. The third-order valence-corrected chi connectivity index (χ3v) is 4.93. The molecule has 4 nitrogen and oxygen atoms in total. The van der Waals surface area contributed by atoms with Gasteiger partial charge in [-0.3, -0.25) is 0 Å². The molecule has 0 aromatic heterocycles. The molecule has 0 heterocycles. The van der Waals surface area contributed by atoms with Crippen LogP contribution < -0.4 is 0 Å². The molecule has 1 N–H and O–H groups in total. The van der Waals surface area contributed by atoms with E-state index in [0.717, 1.165) is 11.1 Å². The van der Waals surface area contributed by atoms with Gasteiger partial charge in [-0.2, -0.15) is 0 Å². The largest absolute Gasteiger partial charge is 0.384 e. The smallest absolute Gasteiger partial charge is 0.214 e. The van der Waals surface area contributed by atoms with Crippen LogP contribution >= 0.6 is 0 Å². The lowest BCUT2D eigenvalue weighted by atomic mass is 10.1. The van der Waals surface area contributed by atoms with Gasteiger partial charge in [-0.1, -0.05) is 37.8 Å². The summed E-state index contributed by atoms with van der Waals surface area (Å²) < 4.78 is 25.6. The topological polar surface area (TPSA) is 57.6 Å². The average molecular weight is 309 g/mol. The number of aliphatic hydroxyl groups is 1. The Morgan fingerprint density at radius 3 is 2.38 bits per heavy atom. The molecule has 0 aliphatic rings. The number of rotatable bonds is 6. The summed E-state index contributed by atoms with van der Waals surface area (Å²) in [7, 11) is -1.60. The number of hydrogen-bond donors (Lipinski definition) is 1. The SMILES string of the molecule is CC(C)CCS(=O)(=O)N(C)Cc1ccc(C#CCO)cc1. The lowest BCUT2D eigenvalue weighted by Crippen LogP contribution is -2.29. The molecule has 0 unspecified atom stereocenters. The second-order valence-corrected chi connectivity index (χ2v) is 7.61. The Morgan fingerprint density at radius 1 is 1.24 bits per heavy atom. The summed E-state index contributed by atoms with van der Waals surface area (Å²) in [5, 5.41) is 8.63. The van der Waals surface area contributed by atoms with Crippen molar-refractivity contribution in [2.24, 2.45) is 5.92 Å². The second-order valence-electron chi connectivity index (χ2n) is 5.41. The molecule has 0 saturated heterocycles. The molecule has 0 radical (unpaired) electrons. The van der Waals surface area contributed by atoms with Crippen molar-refractivity contribution in [2.75, 3.05) is 19.4 Å². The molecule has 0 bridgehead atoms. The van der Waals surface area contributed by atoms with Gasteiger partial charge < -0.3 is 5.11 Å². The van der Waals surface area contributed by atoms with Crippen LogP contribution in [0.25, 0.3) is 0 Å². The van der Waals surface area contributed by atoms with E-state index in [4.69, 9.17) is 5.11 Å². The van der Waals surface area contributed by atoms with Crippen LogP contribution in [0.2, 0.25) is 0 Å². The maximum Gasteiger partial charge on any atom is 0.214 e. The van der Waals surface area contributed by atoms with Crippen molar-refractivity contribution in [1.29, 1.82) is 0 Å². The normalized spacial score (nSPS) is 11.5. The van der Waals surface area contributed by atoms with Gasteiger partial charge in [-0.25, -0.2) is 12.7 Å². The highest BCUT2D eigenvalue weighted by Gasteiger charge is 2.18. The van der Waals surface area contributed by atoms with Crippen molar-refractivity contribution < 1.29 is 13.5 Å². The summed E-state index contributed by atoms with van der Waals surface area (Å²) in [6.45, 7) is 4.22. The number of hydrogen-bond acceptors (Lipinski definition) is 3. The van der Waals surface area contributed by atoms with Gasteiger partial charge in [0.25, 0.3) is 0 Å². The van der Waals surface area contributed by atoms with Crippen molar-refractivity contribution in [1.82, 2.24) is 4.31 Å². The summed E-state index contributed by atoms with van der Waals surface area (Å²) in [5.74, 6) is 5.94. The number of aliphatic hydroxyl groups excluding tert-OH is 1. The van der Waals surface area contributed by atoms with E-state index in [1.807, 2.05) is 38.1 Å². The quantitative estimate of drug-likeness (QED) is 0.816. The minimum Gasteiger partial charge on any atom is -0.384 e. The highest BCUT2D eigenvalue weighted by atomic mass is 32.2. The molecule has 0 spiro atoms. The molecule has 0 atom stereocenters. The molecule has 21 heavy (non-hydrogen) atoms. The van der Waals surface area contributed by atoms with E-state index in [2.05, 4.69) is 11.8 Å². The van der Waals surface area contributed by atoms with Crippen molar-refractivity contribution in [3.8, 4) is 11.8 Å². The maximum atomic E-state index is 12.1. The number of nitrogens with zero attached hydrogens (tertiary/aromatic N) is 1. The molecule has 0 aliphatic carbocycles. The molecular weight excluding hydrogens is 286 g/mol. The zero-order valence-electron chi connectivity index (χ0n) is 12.8. The Kier molecular flexibility index (Phi) is 6.90. The van der Waals surface area contributed by atoms with Crippen LogP contribution in [-0.4, -0.2) is 37.2 Å². The minimum atomic E-state index is -3.21. The molecular formula is C16H23NO3S. The van der Waals surface area contributed by atoms with Gasteiger partial charge in [0.05, 0.1) is 5.75 Å². The highest BCUT2D eigenvalue weighted by molar-refractivity contribution is 7.89. The molecule has 1 aromatic carbocycles. The van der Waals surface area contributed by atoms with E-state index in [9.17, 15) is 8.42 Å². The van der Waals surface area contributed by atoms with E-state index in [-0.39, 0.29) is 12.4 Å². The number of sulfonamides is 1. The van der Waals surface area contributed by atoms with Crippen LogP contribution in [-0.2, 0) is 16.6 Å². The van der Waals surface area contributed by atoms with Crippen molar-refractivity contribution >= 4 is 10.0 Å². The molecule has 1 aromatic rings. The lowest BCUT2D eigenvalue weighted by Gasteiger charge is -2.18. The van der Waals surface area contributed by atoms with Crippen LogP contribution in [0.15, 0.2) is 24.3 Å². The van der Waals surface area contributed by atoms with Gasteiger partial charge in [0.2, 0.25) is 10.0 Å². The Balaban J connectivity index is 2.67. The Hall–Kier alpha value is -1.35. The maximum absolute atomic E-state index is 12.1. The van der Waals surface area contributed by atoms with E-state index >= 15 is 0 Å². The van der Waals surface area contributed by atoms with Crippen LogP contribution in [0.4, 0.5) is 0 Å². The molecule has 0 aliphatic heterocycles. The summed E-state index contributed by atoms with van der Waals surface area (Å²) in [5.41, 5.74) is 1.72. The highest BCUT2D eigenvalue weighted by Crippen LogP contribution is 2.11. The van der Waals surface area contributed by atoms with Crippen LogP contribution in [0.3, 0.4) is 0 Å². The summed E-state index contributed by atoms with van der Waals surface area (Å²) >= 11 is 0. The van der Waals surface area contributed by atoms with Crippen molar-refractivity contribution in [3.63, 3.8) is 0 Å². The van der Waals surface area contributed by atoms with Gasteiger partial charge >= 0.3 is 0 Å². The van der Waals surface area contributed by atoms with Gasteiger partial charge in [0, 0.05) is 19.2 Å². The van der Waals surface area contributed by atoms with Crippen molar-refractivity contribution in [2.45, 2.75) is 26.8 Å². The van der Waals surface area contributed by atoms with E-state index in [0.29, 0.717) is 18.9 Å². The lowest BCUT2D eigenvalue weighted by molar-refractivity contribution is 0.350. The molecule has 116 valence electrons. The zero-order chi connectivity index (χ0) is 15.9. The predicted octanol–water partition coefficient (Wildman–Crippen LogP) is 1.84. The first-order valence-corrected chi connectivity index (χ1v) is 8.58. The molecule has 0 fully saturated rings. The van der Waals surface area contributed by atoms with Crippen molar-refractivity contribution in [3.05, 3.63) is 35.4 Å². The monoisotopic (exact) mass is 309 g/mol. The van der Waals surface area contributed by atoms with Gasteiger partial charge in [0.1, 0.15) is 6.61 Å². The summed E-state index contributed by atoms with van der Waals surface area (Å²) in [4.78, 5) is 0. The zero-order valence-corrected chi connectivity index (χ0v) is 13.7. The summed E-state index contributed by atoms with van der Waals surface area (Å²) in [6.07, 6.45) is 0.669. The fraction of sp³-hybridized carbons (Fsp3) is 0.500. The first-order valence-electron chi connectivity index (χ1n) is 6.98. The minimum absolute atomic E-state index is 0.168. The second kappa shape index (κ2) is 8.18. The van der Waals surface area contributed by atoms with Crippen LogP contribution in [0.1, 0.15) is 31.4 Å². The fourth-order valence-electron chi connectivity index (χ4n) is 1.73. The predicted molar refractivity (Wildman–Crippen MR) is 85.1 cm³/mol. The molecule has 1 rings (SSSR count). The van der Waals surface area contributed by atoms with E-state index < -0.39 is 10.0 Å². The molecule has 0 amide bonds. The van der Waals surface area contributed by atoms with Crippen LogP contribution in [0, 0.1) is 17.8 Å². The van der Waals surface area contributed by atoms with Crippen LogP contribution in [0.5, 0.6) is 0 Å².